The van der Waals surface area contributed by atoms with Crippen LogP contribution in [0.5, 0.6) is 0 Å². The van der Waals surface area contributed by atoms with Crippen molar-refractivity contribution in [2.75, 3.05) is 30.1 Å². The van der Waals surface area contributed by atoms with Gasteiger partial charge in [0, 0.05) is 36.9 Å². The highest BCUT2D eigenvalue weighted by Gasteiger charge is 2.16. The largest absolute Gasteiger partial charge is 0.378 e. The van der Waals surface area contributed by atoms with E-state index in [9.17, 15) is 4.79 Å². The Labute approximate surface area is 184 Å². The lowest BCUT2D eigenvalue weighted by Gasteiger charge is -2.14. The van der Waals surface area contributed by atoms with Gasteiger partial charge in [0.05, 0.1) is 16.5 Å². The van der Waals surface area contributed by atoms with Crippen LogP contribution in [0.25, 0.3) is 11.4 Å². The number of carbonyl (C=O) groups is 1. The maximum atomic E-state index is 12.3. The molecule has 0 aliphatic heterocycles. The number of nitrogens with one attached hydrogen (secondary N) is 1. The molecule has 0 aliphatic rings. The highest BCUT2D eigenvalue weighted by Crippen LogP contribution is 2.28. The number of benzene rings is 2. The van der Waals surface area contributed by atoms with E-state index in [0.717, 1.165) is 17.1 Å². The van der Waals surface area contributed by atoms with Gasteiger partial charge in [-0.1, -0.05) is 47.1 Å². The van der Waals surface area contributed by atoms with Crippen LogP contribution in [0.1, 0.15) is 6.92 Å². The number of hydrogen-bond donors (Lipinski definition) is 1. The first kappa shape index (κ1) is 21.5. The van der Waals surface area contributed by atoms with Crippen LogP contribution < -0.4 is 10.2 Å². The molecule has 2 aromatic carbocycles. The number of hydrogen-bond acceptors (Lipinski definition) is 5. The van der Waals surface area contributed by atoms with Gasteiger partial charge in [0.2, 0.25) is 5.91 Å². The molecule has 0 radical (unpaired) electrons. The lowest BCUT2D eigenvalue weighted by Crippen LogP contribution is -2.15. The molecule has 1 heterocycles. The number of halogens is 2. The predicted octanol–water partition coefficient (Wildman–Crippen LogP) is 5.07. The van der Waals surface area contributed by atoms with Gasteiger partial charge in [-0.05, 0) is 37.3 Å². The van der Waals surface area contributed by atoms with Crippen LogP contribution >= 0.6 is 35.0 Å². The fourth-order valence-corrected chi connectivity index (χ4v) is 3.87. The standard InChI is InChI=1S/C20H21Cl2N5OS/c1-4-27-19(13-6-5-7-15(10-13)26(2)3)24-25-20(27)29-12-18(28)23-17-11-14(21)8-9-16(17)22/h5-11H,4,12H2,1-3H3,(H,23,28). The van der Waals surface area contributed by atoms with E-state index in [1.54, 1.807) is 18.2 Å². The summed E-state index contributed by atoms with van der Waals surface area (Å²) in [6.07, 6.45) is 0. The smallest absolute Gasteiger partial charge is 0.234 e. The zero-order valence-electron chi connectivity index (χ0n) is 16.3. The summed E-state index contributed by atoms with van der Waals surface area (Å²) in [5, 5.41) is 13.0. The third-order valence-electron chi connectivity index (χ3n) is 4.19. The van der Waals surface area contributed by atoms with Gasteiger partial charge in [0.1, 0.15) is 0 Å². The summed E-state index contributed by atoms with van der Waals surface area (Å²) >= 11 is 13.4. The minimum absolute atomic E-state index is 0.179. The van der Waals surface area contributed by atoms with Crippen molar-refractivity contribution in [2.24, 2.45) is 0 Å². The van der Waals surface area contributed by atoms with Gasteiger partial charge in [-0.25, -0.2) is 0 Å². The first-order valence-corrected chi connectivity index (χ1v) is 10.7. The summed E-state index contributed by atoms with van der Waals surface area (Å²) in [5.41, 5.74) is 2.55. The van der Waals surface area contributed by atoms with E-state index >= 15 is 0 Å². The molecule has 0 saturated carbocycles. The predicted molar refractivity (Wildman–Crippen MR) is 121 cm³/mol. The van der Waals surface area contributed by atoms with Crippen LogP contribution in [0.4, 0.5) is 11.4 Å². The van der Waals surface area contributed by atoms with Gasteiger partial charge in [-0.15, -0.1) is 10.2 Å². The van der Waals surface area contributed by atoms with Gasteiger partial charge in [-0.3, -0.25) is 4.79 Å². The zero-order chi connectivity index (χ0) is 21.0. The molecule has 29 heavy (non-hydrogen) atoms. The number of amides is 1. The van der Waals surface area contributed by atoms with Crippen LogP contribution in [-0.4, -0.2) is 40.5 Å². The molecule has 0 saturated heterocycles. The van der Waals surface area contributed by atoms with E-state index in [-0.39, 0.29) is 11.7 Å². The second kappa shape index (κ2) is 9.52. The highest BCUT2D eigenvalue weighted by atomic mass is 35.5. The summed E-state index contributed by atoms with van der Waals surface area (Å²) in [6, 6.07) is 13.0. The molecule has 0 atom stereocenters. The summed E-state index contributed by atoms with van der Waals surface area (Å²) < 4.78 is 2.00. The molecule has 1 aromatic heterocycles. The zero-order valence-corrected chi connectivity index (χ0v) is 18.6. The Morgan fingerprint density at radius 1 is 1.17 bits per heavy atom. The molecule has 3 rings (SSSR count). The number of aromatic nitrogens is 3. The maximum Gasteiger partial charge on any atom is 0.234 e. The van der Waals surface area contributed by atoms with Crippen molar-refractivity contribution in [1.29, 1.82) is 0 Å². The molecule has 0 unspecified atom stereocenters. The van der Waals surface area contributed by atoms with Crippen molar-refractivity contribution in [3.05, 3.63) is 52.5 Å². The molecule has 9 heteroatoms. The number of nitrogens with zero attached hydrogens (tertiary/aromatic N) is 4. The van der Waals surface area contributed by atoms with Crippen LogP contribution in [0, 0.1) is 0 Å². The molecule has 1 N–H and O–H groups in total. The second-order valence-electron chi connectivity index (χ2n) is 6.46. The van der Waals surface area contributed by atoms with Crippen molar-refractivity contribution in [3.63, 3.8) is 0 Å². The molecule has 1 amide bonds. The van der Waals surface area contributed by atoms with Gasteiger partial charge in [0.15, 0.2) is 11.0 Å². The van der Waals surface area contributed by atoms with Crippen LogP contribution in [-0.2, 0) is 11.3 Å². The average Bonchev–Trinajstić information content (AvgIpc) is 3.12. The number of rotatable bonds is 7. The quantitative estimate of drug-likeness (QED) is 0.510. The highest BCUT2D eigenvalue weighted by molar-refractivity contribution is 7.99. The second-order valence-corrected chi connectivity index (χ2v) is 8.24. The van der Waals surface area contributed by atoms with E-state index in [4.69, 9.17) is 23.2 Å². The van der Waals surface area contributed by atoms with Crippen molar-refractivity contribution < 1.29 is 4.79 Å². The number of anilines is 2. The van der Waals surface area contributed by atoms with E-state index in [0.29, 0.717) is 27.4 Å². The molecule has 0 fully saturated rings. The summed E-state index contributed by atoms with van der Waals surface area (Å²) in [6.45, 7) is 2.72. The van der Waals surface area contributed by atoms with Crippen LogP contribution in [0.3, 0.4) is 0 Å². The lowest BCUT2D eigenvalue weighted by molar-refractivity contribution is -0.113. The summed E-state index contributed by atoms with van der Waals surface area (Å²) in [4.78, 5) is 14.4. The Morgan fingerprint density at radius 3 is 2.69 bits per heavy atom. The Kier molecular flexibility index (Phi) is 7.05. The third-order valence-corrected chi connectivity index (χ3v) is 5.72. The van der Waals surface area contributed by atoms with Crippen LogP contribution in [0.15, 0.2) is 47.6 Å². The first-order valence-electron chi connectivity index (χ1n) is 8.97. The molecule has 0 aliphatic carbocycles. The summed E-state index contributed by atoms with van der Waals surface area (Å²) in [5.74, 6) is 0.761. The Morgan fingerprint density at radius 2 is 1.97 bits per heavy atom. The van der Waals surface area contributed by atoms with Gasteiger partial charge < -0.3 is 14.8 Å². The van der Waals surface area contributed by atoms with Gasteiger partial charge >= 0.3 is 0 Å². The van der Waals surface area contributed by atoms with Crippen molar-refractivity contribution >= 4 is 52.2 Å². The Hall–Kier alpha value is -2.22. The van der Waals surface area contributed by atoms with E-state index in [2.05, 4.69) is 21.6 Å². The van der Waals surface area contributed by atoms with Crippen molar-refractivity contribution in [1.82, 2.24) is 14.8 Å². The first-order chi connectivity index (χ1) is 13.9. The fourth-order valence-electron chi connectivity index (χ4n) is 2.73. The Bertz CT molecular complexity index is 1020. The molecular weight excluding hydrogens is 429 g/mol. The minimum Gasteiger partial charge on any atom is -0.378 e. The molecule has 0 spiro atoms. The van der Waals surface area contributed by atoms with E-state index in [1.807, 2.05) is 48.7 Å². The minimum atomic E-state index is -0.194. The topological polar surface area (TPSA) is 63.1 Å². The Balaban J connectivity index is 1.73. The number of carbonyl (C=O) groups excluding carboxylic acids is 1. The molecule has 0 bridgehead atoms. The van der Waals surface area contributed by atoms with Gasteiger partial charge in [-0.2, -0.15) is 0 Å². The van der Waals surface area contributed by atoms with Crippen molar-refractivity contribution in [2.45, 2.75) is 18.6 Å². The van der Waals surface area contributed by atoms with E-state index in [1.165, 1.54) is 11.8 Å². The molecular formula is C20H21Cl2N5OS. The van der Waals surface area contributed by atoms with Crippen molar-refractivity contribution in [3.8, 4) is 11.4 Å². The third kappa shape index (κ3) is 5.23. The SMILES string of the molecule is CCn1c(SCC(=O)Nc2cc(Cl)ccc2Cl)nnc1-c1cccc(N(C)C)c1. The maximum absolute atomic E-state index is 12.3. The average molecular weight is 450 g/mol. The molecule has 152 valence electrons. The van der Waals surface area contributed by atoms with Gasteiger partial charge in [0.25, 0.3) is 0 Å². The van der Waals surface area contributed by atoms with Crippen LogP contribution in [0.2, 0.25) is 10.0 Å². The summed E-state index contributed by atoms with van der Waals surface area (Å²) in [7, 11) is 3.99. The van der Waals surface area contributed by atoms with E-state index < -0.39 is 0 Å². The molecule has 3 aromatic rings. The normalized spacial score (nSPS) is 10.8. The monoisotopic (exact) mass is 449 g/mol. The molecule has 6 nitrogen and oxygen atoms in total. The lowest BCUT2D eigenvalue weighted by atomic mass is 10.2. The number of thioether (sulfide) groups is 1. The fraction of sp³-hybridized carbons (Fsp3) is 0.250.